The Bertz CT molecular complexity index is 640. The van der Waals surface area contributed by atoms with E-state index in [0.29, 0.717) is 11.5 Å². The molecule has 1 N–H and O–H groups in total. The summed E-state index contributed by atoms with van der Waals surface area (Å²) in [6.07, 6.45) is 7.20. The third kappa shape index (κ3) is 2.57. The van der Waals surface area contributed by atoms with Gasteiger partial charge >= 0.3 is 6.03 Å². The first-order valence-corrected chi connectivity index (χ1v) is 9.49. The number of carbonyl (C=O) groups excluding carboxylic acids is 1. The van der Waals surface area contributed by atoms with Crippen LogP contribution in [-0.4, -0.2) is 53.1 Å². The lowest BCUT2D eigenvalue weighted by atomic mass is 9.69. The molecule has 3 fully saturated rings. The molecular formula is C19H29N5O. The van der Waals surface area contributed by atoms with Gasteiger partial charge in [0.15, 0.2) is 0 Å². The quantitative estimate of drug-likeness (QED) is 0.896. The number of anilines is 1. The Morgan fingerprint density at radius 3 is 2.40 bits per heavy atom. The number of amides is 2. The fourth-order valence-corrected chi connectivity index (χ4v) is 5.23. The van der Waals surface area contributed by atoms with E-state index in [0.717, 1.165) is 44.5 Å². The van der Waals surface area contributed by atoms with Gasteiger partial charge in [0.05, 0.1) is 0 Å². The number of rotatable bonds is 2. The summed E-state index contributed by atoms with van der Waals surface area (Å²) in [6.45, 7) is 10.2. The Morgan fingerprint density at radius 2 is 1.84 bits per heavy atom. The van der Waals surface area contributed by atoms with E-state index in [-0.39, 0.29) is 11.4 Å². The molecule has 1 aromatic rings. The molecule has 2 bridgehead atoms. The predicted octanol–water partition coefficient (Wildman–Crippen LogP) is 2.52. The molecule has 0 radical (unpaired) electrons. The van der Waals surface area contributed by atoms with Crippen molar-refractivity contribution in [3.8, 4) is 0 Å². The lowest BCUT2D eigenvalue weighted by molar-refractivity contribution is 0.117. The van der Waals surface area contributed by atoms with Crippen molar-refractivity contribution in [2.75, 3.05) is 31.1 Å². The van der Waals surface area contributed by atoms with Gasteiger partial charge in [-0.25, -0.2) is 14.8 Å². The van der Waals surface area contributed by atoms with Crippen molar-refractivity contribution in [3.05, 3.63) is 18.5 Å². The van der Waals surface area contributed by atoms with Crippen LogP contribution < -0.4 is 10.2 Å². The van der Waals surface area contributed by atoms with Crippen molar-refractivity contribution in [1.82, 2.24) is 20.2 Å². The highest BCUT2D eigenvalue weighted by atomic mass is 16.2. The smallest absolute Gasteiger partial charge is 0.317 e. The van der Waals surface area contributed by atoms with Gasteiger partial charge in [-0.3, -0.25) is 0 Å². The molecule has 3 atom stereocenters. The second-order valence-corrected chi connectivity index (χ2v) is 8.64. The van der Waals surface area contributed by atoms with E-state index in [9.17, 15) is 4.79 Å². The molecule has 1 saturated heterocycles. The first-order valence-electron chi connectivity index (χ1n) is 9.49. The van der Waals surface area contributed by atoms with Crippen LogP contribution in [0.25, 0.3) is 0 Å². The molecule has 2 aliphatic carbocycles. The zero-order valence-electron chi connectivity index (χ0n) is 15.5. The molecular weight excluding hydrogens is 314 g/mol. The average Bonchev–Trinajstić information content (AvgIpc) is 2.96. The topological polar surface area (TPSA) is 61.4 Å². The highest BCUT2D eigenvalue weighted by molar-refractivity contribution is 5.75. The van der Waals surface area contributed by atoms with Gasteiger partial charge in [0.25, 0.3) is 0 Å². The van der Waals surface area contributed by atoms with Crippen LogP contribution in [0.3, 0.4) is 0 Å². The number of carbonyl (C=O) groups is 1. The number of fused-ring (bicyclic) bond motifs is 2. The van der Waals surface area contributed by atoms with Crippen LogP contribution in [0.15, 0.2) is 18.5 Å². The first kappa shape index (κ1) is 16.6. The minimum Gasteiger partial charge on any atom is -0.337 e. The van der Waals surface area contributed by atoms with Crippen molar-refractivity contribution >= 4 is 12.0 Å². The summed E-state index contributed by atoms with van der Waals surface area (Å²) in [5.41, 5.74) is 0.557. The molecule has 0 spiro atoms. The summed E-state index contributed by atoms with van der Waals surface area (Å²) in [6, 6.07) is 2.23. The van der Waals surface area contributed by atoms with E-state index in [2.05, 4.69) is 41.0 Å². The number of nitrogens with zero attached hydrogens (tertiary/aromatic N) is 4. The van der Waals surface area contributed by atoms with Gasteiger partial charge in [-0.05, 0) is 42.1 Å². The molecule has 2 amide bonds. The van der Waals surface area contributed by atoms with E-state index in [1.807, 2.05) is 11.0 Å². The molecule has 3 aliphatic rings. The van der Waals surface area contributed by atoms with E-state index in [4.69, 9.17) is 0 Å². The van der Waals surface area contributed by atoms with Gasteiger partial charge in [-0.15, -0.1) is 0 Å². The number of urea groups is 1. The lowest BCUT2D eigenvalue weighted by Crippen LogP contribution is -2.56. The maximum atomic E-state index is 12.8. The van der Waals surface area contributed by atoms with E-state index < -0.39 is 0 Å². The number of hydrogen-bond acceptors (Lipinski definition) is 4. The van der Waals surface area contributed by atoms with Gasteiger partial charge in [0.1, 0.15) is 0 Å². The normalized spacial score (nSPS) is 33.6. The van der Waals surface area contributed by atoms with Crippen LogP contribution in [-0.2, 0) is 0 Å². The van der Waals surface area contributed by atoms with Crippen LogP contribution in [0.5, 0.6) is 0 Å². The van der Waals surface area contributed by atoms with Gasteiger partial charge in [-0.1, -0.05) is 20.8 Å². The van der Waals surface area contributed by atoms with E-state index in [1.165, 1.54) is 12.8 Å². The van der Waals surface area contributed by atoms with Gasteiger partial charge in [0, 0.05) is 44.6 Å². The molecule has 0 aromatic carbocycles. The monoisotopic (exact) mass is 343 g/mol. The number of piperazine rings is 1. The van der Waals surface area contributed by atoms with Crippen molar-refractivity contribution in [2.24, 2.45) is 16.7 Å². The largest absolute Gasteiger partial charge is 0.337 e. The van der Waals surface area contributed by atoms with Gasteiger partial charge in [0.2, 0.25) is 5.95 Å². The summed E-state index contributed by atoms with van der Waals surface area (Å²) in [5, 5.41) is 3.37. The Labute approximate surface area is 150 Å². The summed E-state index contributed by atoms with van der Waals surface area (Å²) in [7, 11) is 0. The predicted molar refractivity (Wildman–Crippen MR) is 97.4 cm³/mol. The van der Waals surface area contributed by atoms with E-state index >= 15 is 0 Å². The van der Waals surface area contributed by atoms with Crippen LogP contribution in [0.4, 0.5) is 10.7 Å². The standard InChI is InChI=1S/C19H29N5O/c1-18(2)14-5-6-19(18,3)15(13-14)22-17(25)24-11-9-23(10-12-24)16-20-7-4-8-21-16/h4,7-8,14-15H,5-6,9-13H2,1-3H3,(H,22,25)/t14-,15+,19-/m0/s1. The first-order chi connectivity index (χ1) is 11.9. The minimum atomic E-state index is 0.100. The zero-order chi connectivity index (χ0) is 17.7. The summed E-state index contributed by atoms with van der Waals surface area (Å²) in [5.74, 6) is 1.50. The fraction of sp³-hybridized carbons (Fsp3) is 0.737. The van der Waals surface area contributed by atoms with Gasteiger partial charge in [-0.2, -0.15) is 0 Å². The maximum Gasteiger partial charge on any atom is 0.317 e. The molecule has 2 saturated carbocycles. The Kier molecular flexibility index (Phi) is 3.89. The SMILES string of the molecule is CC1(C)[C@H]2CC[C@@]1(C)[C@H](NC(=O)N1CCN(c3ncccn3)CC1)C2. The van der Waals surface area contributed by atoms with Crippen molar-refractivity contribution in [3.63, 3.8) is 0 Å². The van der Waals surface area contributed by atoms with E-state index in [1.54, 1.807) is 12.4 Å². The Balaban J connectivity index is 1.35. The van der Waals surface area contributed by atoms with Crippen LogP contribution in [0.1, 0.15) is 40.0 Å². The molecule has 4 rings (SSSR count). The summed E-state index contributed by atoms with van der Waals surface area (Å²) < 4.78 is 0. The molecule has 6 heteroatoms. The third-order valence-corrected chi connectivity index (χ3v) is 7.49. The lowest BCUT2D eigenvalue weighted by Gasteiger charge is -2.41. The third-order valence-electron chi connectivity index (χ3n) is 7.49. The molecule has 25 heavy (non-hydrogen) atoms. The second-order valence-electron chi connectivity index (χ2n) is 8.64. The number of aromatic nitrogens is 2. The molecule has 6 nitrogen and oxygen atoms in total. The van der Waals surface area contributed by atoms with Gasteiger partial charge < -0.3 is 15.1 Å². The van der Waals surface area contributed by atoms with Crippen LogP contribution >= 0.6 is 0 Å². The van der Waals surface area contributed by atoms with Crippen molar-refractivity contribution in [1.29, 1.82) is 0 Å². The second kappa shape index (κ2) is 5.85. The average molecular weight is 343 g/mol. The molecule has 136 valence electrons. The molecule has 2 heterocycles. The molecule has 1 aliphatic heterocycles. The molecule has 0 unspecified atom stereocenters. The zero-order valence-corrected chi connectivity index (χ0v) is 15.5. The van der Waals surface area contributed by atoms with Crippen LogP contribution in [0, 0.1) is 16.7 Å². The highest BCUT2D eigenvalue weighted by Gasteiger charge is 2.61. The summed E-state index contributed by atoms with van der Waals surface area (Å²) >= 11 is 0. The van der Waals surface area contributed by atoms with Crippen molar-refractivity contribution in [2.45, 2.75) is 46.1 Å². The minimum absolute atomic E-state index is 0.100. The summed E-state index contributed by atoms with van der Waals surface area (Å²) in [4.78, 5) is 25.5. The Morgan fingerprint density at radius 1 is 1.16 bits per heavy atom. The van der Waals surface area contributed by atoms with Crippen LogP contribution in [0.2, 0.25) is 0 Å². The van der Waals surface area contributed by atoms with Crippen molar-refractivity contribution < 1.29 is 4.79 Å². The number of hydrogen-bond donors (Lipinski definition) is 1. The Hall–Kier alpha value is -1.85. The number of nitrogens with one attached hydrogen (secondary N) is 1. The maximum absolute atomic E-state index is 12.8. The molecule has 1 aromatic heterocycles. The highest BCUT2D eigenvalue weighted by Crippen LogP contribution is 2.65. The fourth-order valence-electron chi connectivity index (χ4n) is 5.23.